The fraction of sp³-hybridized carbons (Fsp3) is 0.308. The lowest BCUT2D eigenvalue weighted by molar-refractivity contribution is -0.135. The predicted octanol–water partition coefficient (Wildman–Crippen LogP) is 3.84. The van der Waals surface area contributed by atoms with Gasteiger partial charge in [-0.15, -0.1) is 0 Å². The van der Waals surface area contributed by atoms with Crippen LogP contribution in [0.4, 0.5) is 22.0 Å². The average Bonchev–Trinajstić information content (AvgIpc) is 2.95. The van der Waals surface area contributed by atoms with Crippen LogP contribution in [0.3, 0.4) is 0 Å². The first kappa shape index (κ1) is 13.5. The predicted molar refractivity (Wildman–Crippen MR) is 60.8 cm³/mol. The van der Waals surface area contributed by atoms with E-state index in [2.05, 4.69) is 0 Å². The molecular weight excluding hydrogens is 303 g/mol. The Hall–Kier alpha value is -1.43. The Balaban J connectivity index is 2.21. The maximum Gasteiger partial charge on any atom is 0.298 e. The molecule has 0 aliphatic heterocycles. The molecule has 1 aromatic carbocycles. The highest BCUT2D eigenvalue weighted by atomic mass is 35.5. The Morgan fingerprint density at radius 1 is 0.950 bits per heavy atom. The Morgan fingerprint density at radius 2 is 1.50 bits per heavy atom. The number of alkyl halides is 4. The number of hydrogen-bond donors (Lipinski definition) is 0. The molecule has 1 nitrogen and oxygen atoms in total. The summed E-state index contributed by atoms with van der Waals surface area (Å²) in [4.78, 5) is 11.6. The van der Waals surface area contributed by atoms with Crippen molar-refractivity contribution in [2.45, 2.75) is 22.4 Å². The summed E-state index contributed by atoms with van der Waals surface area (Å²) >= 11 is 4.90. The van der Waals surface area contributed by atoms with Crippen molar-refractivity contribution in [3.05, 3.63) is 47.5 Å². The van der Waals surface area contributed by atoms with Gasteiger partial charge in [-0.3, -0.25) is 4.79 Å². The van der Waals surface area contributed by atoms with E-state index in [1.807, 2.05) is 0 Å². The minimum Gasteiger partial charge on any atom is -0.290 e. The van der Waals surface area contributed by atoms with Crippen molar-refractivity contribution in [3.8, 4) is 0 Å². The Kier molecular flexibility index (Phi) is 2.44. The van der Waals surface area contributed by atoms with Crippen molar-refractivity contribution in [1.82, 2.24) is 0 Å². The molecule has 0 amide bonds. The van der Waals surface area contributed by atoms with Crippen molar-refractivity contribution in [1.29, 1.82) is 0 Å². The summed E-state index contributed by atoms with van der Waals surface area (Å²) in [7, 11) is 0. The standard InChI is InChI=1S/C13H6ClF5O/c14-13(19)9(16)8(15)11(17)7(12(11,18)10(13)20)6-4-2-1-3-5-6/h1-5,7H/t7-,11+,12-,13+/m1/s1. The van der Waals surface area contributed by atoms with E-state index in [1.54, 1.807) is 0 Å². The van der Waals surface area contributed by atoms with Gasteiger partial charge in [0.2, 0.25) is 17.1 Å². The summed E-state index contributed by atoms with van der Waals surface area (Å²) < 4.78 is 69.6. The van der Waals surface area contributed by atoms with Gasteiger partial charge in [0.15, 0.2) is 11.7 Å². The number of ketones is 1. The second-order valence-electron chi connectivity index (χ2n) is 4.80. The maximum absolute atomic E-state index is 14.5. The van der Waals surface area contributed by atoms with Gasteiger partial charge < -0.3 is 0 Å². The third kappa shape index (κ3) is 1.21. The Morgan fingerprint density at radius 3 is 2.05 bits per heavy atom. The lowest BCUT2D eigenvalue weighted by Gasteiger charge is -2.23. The zero-order chi connectivity index (χ0) is 14.9. The highest BCUT2D eigenvalue weighted by Gasteiger charge is 2.92. The SMILES string of the molecule is O=C1[C@](F)(Cl)C(F)=C(F)[C@@]2(F)[C@@H](c3ccccc3)[C@@]12F. The largest absolute Gasteiger partial charge is 0.298 e. The molecule has 0 N–H and O–H groups in total. The third-order valence-corrected chi connectivity index (χ3v) is 4.12. The van der Waals surface area contributed by atoms with Crippen LogP contribution in [-0.4, -0.2) is 22.2 Å². The van der Waals surface area contributed by atoms with Gasteiger partial charge in [-0.25, -0.2) is 22.0 Å². The molecule has 2 aliphatic rings. The number of carbonyl (C=O) groups excluding carboxylic acids is 1. The van der Waals surface area contributed by atoms with Crippen molar-refractivity contribution in [3.63, 3.8) is 0 Å². The van der Waals surface area contributed by atoms with Gasteiger partial charge in [0, 0.05) is 0 Å². The van der Waals surface area contributed by atoms with Gasteiger partial charge in [-0.1, -0.05) is 41.9 Å². The molecule has 3 rings (SSSR count). The zero-order valence-corrected chi connectivity index (χ0v) is 10.4. The van der Waals surface area contributed by atoms with E-state index in [4.69, 9.17) is 11.6 Å². The van der Waals surface area contributed by atoms with Crippen molar-refractivity contribution >= 4 is 17.4 Å². The molecule has 0 unspecified atom stereocenters. The maximum atomic E-state index is 14.5. The normalized spacial score (nSPS) is 43.5. The van der Waals surface area contributed by atoms with Crippen molar-refractivity contribution in [2.24, 2.45) is 0 Å². The molecule has 1 fully saturated rings. The first-order valence-corrected chi connectivity index (χ1v) is 5.99. The summed E-state index contributed by atoms with van der Waals surface area (Å²) in [6, 6.07) is 6.80. The number of fused-ring (bicyclic) bond motifs is 1. The van der Waals surface area contributed by atoms with Gasteiger partial charge in [-0.05, 0) is 5.56 Å². The van der Waals surface area contributed by atoms with E-state index in [-0.39, 0.29) is 5.56 Å². The quantitative estimate of drug-likeness (QED) is 0.569. The van der Waals surface area contributed by atoms with E-state index in [0.717, 1.165) is 0 Å². The van der Waals surface area contributed by atoms with Crippen LogP contribution in [0.25, 0.3) is 0 Å². The second-order valence-corrected chi connectivity index (χ2v) is 5.32. The summed E-state index contributed by atoms with van der Waals surface area (Å²) in [5.41, 5.74) is -7.16. The van der Waals surface area contributed by atoms with Crippen LogP contribution in [0.1, 0.15) is 11.5 Å². The Bertz CT molecular complexity index is 643. The lowest BCUT2D eigenvalue weighted by Crippen LogP contribution is -2.46. The molecule has 0 radical (unpaired) electrons. The molecule has 4 atom stereocenters. The van der Waals surface area contributed by atoms with E-state index in [0.29, 0.717) is 0 Å². The third-order valence-electron chi connectivity index (χ3n) is 3.78. The molecule has 0 saturated heterocycles. The lowest BCUT2D eigenvalue weighted by atomic mass is 9.98. The van der Waals surface area contributed by atoms with Gasteiger partial charge >= 0.3 is 0 Å². The summed E-state index contributed by atoms with van der Waals surface area (Å²) in [6.45, 7) is 0. The van der Waals surface area contributed by atoms with Crippen LogP contribution in [-0.2, 0) is 4.79 Å². The van der Waals surface area contributed by atoms with Gasteiger partial charge in [0.05, 0.1) is 5.92 Å². The topological polar surface area (TPSA) is 17.1 Å². The molecule has 20 heavy (non-hydrogen) atoms. The monoisotopic (exact) mass is 308 g/mol. The number of Topliss-reactive ketones (excluding diaryl/α,β-unsaturated/α-hetero) is 1. The van der Waals surface area contributed by atoms with Crippen LogP contribution < -0.4 is 0 Å². The van der Waals surface area contributed by atoms with E-state index < -0.39 is 39.8 Å². The number of carbonyl (C=O) groups is 1. The molecule has 0 aromatic heterocycles. The molecule has 0 heterocycles. The van der Waals surface area contributed by atoms with E-state index in [1.165, 1.54) is 30.3 Å². The minimum atomic E-state index is -4.02. The van der Waals surface area contributed by atoms with Crippen LogP contribution in [0.5, 0.6) is 0 Å². The highest BCUT2D eigenvalue weighted by Crippen LogP contribution is 2.74. The summed E-state index contributed by atoms with van der Waals surface area (Å²) in [5, 5.41) is -4.02. The zero-order valence-electron chi connectivity index (χ0n) is 9.64. The van der Waals surface area contributed by atoms with E-state index in [9.17, 15) is 26.7 Å². The second kappa shape index (κ2) is 3.61. The van der Waals surface area contributed by atoms with Crippen LogP contribution >= 0.6 is 11.6 Å². The smallest absolute Gasteiger partial charge is 0.290 e. The molecule has 0 spiro atoms. The molecular formula is C13H6ClF5O. The van der Waals surface area contributed by atoms with E-state index >= 15 is 0 Å². The number of halogens is 6. The summed E-state index contributed by atoms with van der Waals surface area (Å²) in [5.74, 6) is -8.82. The Labute approximate surface area is 115 Å². The molecule has 2 aliphatic carbocycles. The minimum absolute atomic E-state index is 0.0804. The van der Waals surface area contributed by atoms with Crippen LogP contribution in [0, 0.1) is 0 Å². The fourth-order valence-corrected chi connectivity index (χ4v) is 2.94. The number of hydrogen-bond acceptors (Lipinski definition) is 1. The first-order valence-electron chi connectivity index (χ1n) is 5.61. The summed E-state index contributed by atoms with van der Waals surface area (Å²) in [6.07, 6.45) is 0. The molecule has 7 heteroatoms. The van der Waals surface area contributed by atoms with Crippen LogP contribution in [0.15, 0.2) is 42.0 Å². The van der Waals surface area contributed by atoms with Crippen molar-refractivity contribution in [2.75, 3.05) is 0 Å². The number of allylic oxidation sites excluding steroid dienone is 2. The van der Waals surface area contributed by atoms with Crippen molar-refractivity contribution < 1.29 is 26.7 Å². The number of benzene rings is 1. The fourth-order valence-electron chi connectivity index (χ4n) is 2.72. The molecule has 106 valence electrons. The van der Waals surface area contributed by atoms with Gasteiger partial charge in [-0.2, -0.15) is 0 Å². The van der Waals surface area contributed by atoms with Crippen LogP contribution in [0.2, 0.25) is 0 Å². The first-order chi connectivity index (χ1) is 9.20. The molecule has 0 bridgehead atoms. The average molecular weight is 309 g/mol. The molecule has 1 saturated carbocycles. The van der Waals surface area contributed by atoms with Gasteiger partial charge in [0.25, 0.3) is 5.13 Å². The molecule has 1 aromatic rings. The number of rotatable bonds is 1. The highest BCUT2D eigenvalue weighted by molar-refractivity contribution is 6.38. The van der Waals surface area contributed by atoms with Gasteiger partial charge in [0.1, 0.15) is 0 Å².